The fraction of sp³-hybridized carbons (Fsp3) is 0.588. The van der Waals surface area contributed by atoms with Crippen LogP contribution in [0.25, 0.3) is 0 Å². The van der Waals surface area contributed by atoms with Gasteiger partial charge in [0, 0.05) is 19.1 Å². The highest BCUT2D eigenvalue weighted by molar-refractivity contribution is 14.0. The van der Waals surface area contributed by atoms with E-state index in [2.05, 4.69) is 67.5 Å². The van der Waals surface area contributed by atoms with Gasteiger partial charge in [-0.2, -0.15) is 0 Å². The number of hydrogen-bond donors (Lipinski definition) is 2. The van der Waals surface area contributed by atoms with Crippen molar-refractivity contribution in [2.24, 2.45) is 4.99 Å². The summed E-state index contributed by atoms with van der Waals surface area (Å²) in [5.74, 6) is 1.68. The van der Waals surface area contributed by atoms with Crippen molar-refractivity contribution in [1.82, 2.24) is 15.5 Å². The van der Waals surface area contributed by atoms with Gasteiger partial charge in [-0.15, -0.1) is 24.0 Å². The molecule has 0 spiro atoms. The van der Waals surface area contributed by atoms with Crippen molar-refractivity contribution >= 4 is 29.9 Å². The first-order valence-electron chi connectivity index (χ1n) is 7.56. The van der Waals surface area contributed by atoms with Crippen LogP contribution in [0.2, 0.25) is 0 Å². The summed E-state index contributed by atoms with van der Waals surface area (Å²) in [6.45, 7) is 7.11. The summed E-state index contributed by atoms with van der Waals surface area (Å²) in [7, 11) is 7.63. The van der Waals surface area contributed by atoms with Crippen molar-refractivity contribution in [3.8, 4) is 5.75 Å². The molecule has 1 aromatic carbocycles. The number of rotatable bonds is 5. The van der Waals surface area contributed by atoms with Crippen LogP contribution < -0.4 is 15.4 Å². The third kappa shape index (κ3) is 7.87. The fourth-order valence-electron chi connectivity index (χ4n) is 2.18. The van der Waals surface area contributed by atoms with E-state index in [-0.39, 0.29) is 35.6 Å². The number of halogens is 1. The minimum absolute atomic E-state index is 0. The Balaban J connectivity index is 0.00000484. The average molecular weight is 434 g/mol. The molecule has 0 aliphatic rings. The molecule has 0 aromatic heterocycles. The lowest BCUT2D eigenvalue weighted by Gasteiger charge is -2.28. The van der Waals surface area contributed by atoms with Crippen LogP contribution in [-0.2, 0) is 0 Å². The summed E-state index contributed by atoms with van der Waals surface area (Å²) in [4.78, 5) is 6.47. The molecule has 0 fully saturated rings. The van der Waals surface area contributed by atoms with E-state index < -0.39 is 0 Å². The molecule has 0 amide bonds. The van der Waals surface area contributed by atoms with Gasteiger partial charge in [0.25, 0.3) is 0 Å². The molecule has 1 aromatic rings. The minimum atomic E-state index is -0.0224. The summed E-state index contributed by atoms with van der Waals surface area (Å²) in [5, 5.41) is 6.77. The zero-order chi connectivity index (χ0) is 16.8. The van der Waals surface area contributed by atoms with Crippen LogP contribution in [0.15, 0.2) is 29.3 Å². The highest BCUT2D eigenvalue weighted by atomic mass is 127. The molecule has 0 radical (unpaired) electrons. The number of nitrogens with zero attached hydrogens (tertiary/aromatic N) is 2. The van der Waals surface area contributed by atoms with E-state index in [9.17, 15) is 0 Å². The fourth-order valence-corrected chi connectivity index (χ4v) is 2.18. The monoisotopic (exact) mass is 434 g/mol. The second-order valence-electron chi connectivity index (χ2n) is 6.58. The predicted octanol–water partition coefficient (Wildman–Crippen LogP) is 2.88. The van der Waals surface area contributed by atoms with Crippen LogP contribution in [0.3, 0.4) is 0 Å². The van der Waals surface area contributed by atoms with Gasteiger partial charge in [-0.05, 0) is 52.6 Å². The van der Waals surface area contributed by atoms with E-state index >= 15 is 0 Å². The first-order valence-corrected chi connectivity index (χ1v) is 7.56. The van der Waals surface area contributed by atoms with Crippen molar-refractivity contribution in [3.05, 3.63) is 29.8 Å². The smallest absolute Gasteiger partial charge is 0.191 e. The molecule has 1 rings (SSSR count). The Labute approximate surface area is 157 Å². The number of likely N-dealkylation sites (N-methyl/N-ethyl adjacent to an activating group) is 1. The number of benzene rings is 1. The van der Waals surface area contributed by atoms with Crippen LogP contribution in [0.5, 0.6) is 5.75 Å². The van der Waals surface area contributed by atoms with Crippen molar-refractivity contribution < 1.29 is 4.74 Å². The third-order valence-corrected chi connectivity index (χ3v) is 3.28. The van der Waals surface area contributed by atoms with Gasteiger partial charge < -0.3 is 20.3 Å². The Morgan fingerprint density at radius 1 is 1.30 bits per heavy atom. The van der Waals surface area contributed by atoms with Gasteiger partial charge in [-0.25, -0.2) is 0 Å². The maximum absolute atomic E-state index is 5.32. The topological polar surface area (TPSA) is 48.9 Å². The SMILES string of the molecule is CN=C(NCC(c1cccc(OC)c1)N(C)C)NC(C)(C)C.I. The molecule has 6 heteroatoms. The van der Waals surface area contributed by atoms with Crippen LogP contribution in [0.4, 0.5) is 0 Å². The lowest BCUT2D eigenvalue weighted by molar-refractivity contribution is 0.296. The van der Waals surface area contributed by atoms with E-state index in [4.69, 9.17) is 4.74 Å². The van der Waals surface area contributed by atoms with Gasteiger partial charge in [0.15, 0.2) is 5.96 Å². The Morgan fingerprint density at radius 3 is 2.43 bits per heavy atom. The van der Waals surface area contributed by atoms with Crippen molar-refractivity contribution in [2.45, 2.75) is 32.4 Å². The van der Waals surface area contributed by atoms with E-state index in [0.29, 0.717) is 0 Å². The molecule has 0 saturated carbocycles. The first kappa shape index (κ1) is 22.0. The molecule has 23 heavy (non-hydrogen) atoms. The lowest BCUT2D eigenvalue weighted by atomic mass is 10.1. The minimum Gasteiger partial charge on any atom is -0.497 e. The molecule has 2 N–H and O–H groups in total. The number of hydrogen-bond acceptors (Lipinski definition) is 3. The molecule has 0 heterocycles. The Hall–Kier alpha value is -1.02. The predicted molar refractivity (Wildman–Crippen MR) is 109 cm³/mol. The molecule has 0 bridgehead atoms. The van der Waals surface area contributed by atoms with Gasteiger partial charge in [0.2, 0.25) is 0 Å². The molecule has 5 nitrogen and oxygen atoms in total. The average Bonchev–Trinajstić information content (AvgIpc) is 2.44. The summed E-state index contributed by atoms with van der Waals surface area (Å²) in [5.41, 5.74) is 1.19. The van der Waals surface area contributed by atoms with Gasteiger partial charge >= 0.3 is 0 Å². The van der Waals surface area contributed by atoms with Gasteiger partial charge in [-0.1, -0.05) is 12.1 Å². The molecule has 1 unspecified atom stereocenters. The Bertz CT molecular complexity index is 498. The van der Waals surface area contributed by atoms with Crippen LogP contribution in [0.1, 0.15) is 32.4 Å². The molecular weight excluding hydrogens is 403 g/mol. The molecule has 1 atom stereocenters. The number of nitrogens with one attached hydrogen (secondary N) is 2. The van der Waals surface area contributed by atoms with E-state index in [1.807, 2.05) is 12.1 Å². The highest BCUT2D eigenvalue weighted by Crippen LogP contribution is 2.22. The van der Waals surface area contributed by atoms with E-state index in [1.54, 1.807) is 14.2 Å². The zero-order valence-corrected chi connectivity index (χ0v) is 17.6. The molecule has 0 saturated heterocycles. The molecular formula is C17H31IN4O. The number of ether oxygens (including phenoxy) is 1. The molecule has 0 aliphatic carbocycles. The standard InChI is InChI=1S/C17H30N4O.HI/c1-17(2,3)20-16(18-4)19-12-15(21(5)6)13-9-8-10-14(11-13)22-7;/h8-11,15H,12H2,1-7H3,(H2,18,19,20);1H. The maximum Gasteiger partial charge on any atom is 0.191 e. The van der Waals surface area contributed by atoms with Gasteiger partial charge in [-0.3, -0.25) is 4.99 Å². The largest absolute Gasteiger partial charge is 0.497 e. The molecule has 0 aliphatic heterocycles. The maximum atomic E-state index is 5.32. The Kier molecular flexibility index (Phi) is 9.53. The summed E-state index contributed by atoms with van der Waals surface area (Å²) in [6.07, 6.45) is 0. The van der Waals surface area contributed by atoms with Crippen molar-refractivity contribution in [1.29, 1.82) is 0 Å². The van der Waals surface area contributed by atoms with Crippen LogP contribution >= 0.6 is 24.0 Å². The van der Waals surface area contributed by atoms with E-state index in [0.717, 1.165) is 18.3 Å². The van der Waals surface area contributed by atoms with Crippen LogP contribution in [-0.4, -0.2) is 51.2 Å². The number of methoxy groups -OCH3 is 1. The highest BCUT2D eigenvalue weighted by Gasteiger charge is 2.17. The van der Waals surface area contributed by atoms with Gasteiger partial charge in [0.05, 0.1) is 13.2 Å². The third-order valence-electron chi connectivity index (χ3n) is 3.28. The zero-order valence-electron chi connectivity index (χ0n) is 15.3. The lowest BCUT2D eigenvalue weighted by Crippen LogP contribution is -2.49. The second-order valence-corrected chi connectivity index (χ2v) is 6.58. The van der Waals surface area contributed by atoms with Crippen molar-refractivity contribution in [2.75, 3.05) is 34.8 Å². The number of guanidine groups is 1. The van der Waals surface area contributed by atoms with E-state index in [1.165, 1.54) is 5.56 Å². The van der Waals surface area contributed by atoms with Gasteiger partial charge in [0.1, 0.15) is 5.75 Å². The Morgan fingerprint density at radius 2 is 1.96 bits per heavy atom. The first-order chi connectivity index (χ1) is 10.3. The molecule has 132 valence electrons. The normalized spacial score (nSPS) is 13.3. The quantitative estimate of drug-likeness (QED) is 0.425. The summed E-state index contributed by atoms with van der Waals surface area (Å²) < 4.78 is 5.32. The van der Waals surface area contributed by atoms with Crippen LogP contribution in [0, 0.1) is 0 Å². The van der Waals surface area contributed by atoms with Crippen molar-refractivity contribution in [3.63, 3.8) is 0 Å². The number of aliphatic imine (C=N–C) groups is 1. The summed E-state index contributed by atoms with van der Waals surface area (Å²) >= 11 is 0. The second kappa shape index (κ2) is 9.97. The summed E-state index contributed by atoms with van der Waals surface area (Å²) in [6, 6.07) is 8.41.